The van der Waals surface area contributed by atoms with Crippen molar-refractivity contribution in [1.82, 2.24) is 5.32 Å². The Labute approximate surface area is 506 Å². The number of carbonyl (C=O) groups is 1. The van der Waals surface area contributed by atoms with Crippen LogP contribution in [0, 0.1) is 0 Å². The van der Waals surface area contributed by atoms with Crippen LogP contribution < -0.4 is 5.32 Å². The van der Waals surface area contributed by atoms with Crippen molar-refractivity contribution in [2.45, 2.75) is 270 Å². The van der Waals surface area contributed by atoms with Crippen LogP contribution in [0.3, 0.4) is 0 Å². The molecule has 9 heteroatoms. The number of phosphoric ester groups is 1. The normalized spacial score (nSPS) is 14.7. The Kier molecular flexibility index (Phi) is 59.2. The molecule has 0 aromatic carbocycles. The molecule has 0 heterocycles. The number of quaternary nitrogens is 1. The van der Waals surface area contributed by atoms with Gasteiger partial charge in [0.15, 0.2) is 0 Å². The van der Waals surface area contributed by atoms with Gasteiger partial charge in [0, 0.05) is 6.42 Å². The van der Waals surface area contributed by atoms with Gasteiger partial charge in [-0.15, -0.1) is 0 Å². The molecule has 0 aliphatic carbocycles. The molecule has 0 aliphatic rings. The summed E-state index contributed by atoms with van der Waals surface area (Å²) < 4.78 is 23.8. The number of rotatable bonds is 59. The summed E-state index contributed by atoms with van der Waals surface area (Å²) in [4.78, 5) is 23.4. The van der Waals surface area contributed by atoms with E-state index < -0.39 is 20.0 Å². The first-order chi connectivity index (χ1) is 40.0. The Morgan fingerprint density at radius 3 is 1.05 bits per heavy atom. The van der Waals surface area contributed by atoms with E-state index in [1.165, 1.54) is 116 Å². The van der Waals surface area contributed by atoms with Gasteiger partial charge < -0.3 is 19.8 Å². The number of likely N-dealkylation sites (N-methyl/N-ethyl adjacent to an activating group) is 1. The lowest BCUT2D eigenvalue weighted by atomic mass is 10.0. The summed E-state index contributed by atoms with van der Waals surface area (Å²) in [6.07, 6.45) is 95.0. The molecule has 0 saturated carbocycles. The number of amides is 1. The molecule has 3 atom stereocenters. The standard InChI is InChI=1S/C73H125N2O6P/c1-6-8-10-12-14-16-18-20-22-24-26-28-29-30-31-32-33-34-35-36-37-38-39-40-41-42-43-44-45-47-49-51-53-55-57-59-61-63-65-67-73(77)74-71(70-81-82(78,79)80-69-68-75(3,4)5)72(76)66-64-62-60-58-56-54-52-50-48-46-27-25-23-21-19-17-15-13-11-9-7-2/h8,10,14,16,20,22,26,28,30-31,33-34,36-37,39-40,42-43,45,47,51,53,57,59,71-72,76H,6-7,9,11-13,15,17-19,21,23-25,27,29,32,35,38,41,44,46,48-50,52,54-56,58,60-70H2,1-5H3,(H-,74,77,78,79)/p+1/b10-8-,16-14-,22-20-,28-26-,31-30-,34-33-,37-36-,40-39-,43-42-,47-45-,53-51-,59-57-. The van der Waals surface area contributed by atoms with Crippen LogP contribution in [0.4, 0.5) is 0 Å². The van der Waals surface area contributed by atoms with E-state index in [0.29, 0.717) is 30.3 Å². The van der Waals surface area contributed by atoms with E-state index in [1.54, 1.807) is 0 Å². The third-order valence-electron chi connectivity index (χ3n) is 14.1. The molecule has 468 valence electrons. The number of aliphatic hydroxyl groups is 1. The number of aliphatic hydroxyl groups excluding tert-OH is 1. The van der Waals surface area contributed by atoms with Crippen molar-refractivity contribution in [2.24, 2.45) is 0 Å². The van der Waals surface area contributed by atoms with Gasteiger partial charge >= 0.3 is 7.82 Å². The summed E-state index contributed by atoms with van der Waals surface area (Å²) in [5, 5.41) is 14.1. The fraction of sp³-hybridized carbons (Fsp3) is 0.658. The zero-order valence-electron chi connectivity index (χ0n) is 53.4. The van der Waals surface area contributed by atoms with E-state index >= 15 is 0 Å². The number of nitrogens with one attached hydrogen (secondary N) is 1. The van der Waals surface area contributed by atoms with Gasteiger partial charge in [0.25, 0.3) is 0 Å². The predicted octanol–water partition coefficient (Wildman–Crippen LogP) is 21.2. The number of unbranched alkanes of at least 4 members (excludes halogenated alkanes) is 22. The van der Waals surface area contributed by atoms with Crippen LogP contribution in [0.1, 0.15) is 258 Å². The van der Waals surface area contributed by atoms with Gasteiger partial charge in [0.1, 0.15) is 13.2 Å². The second-order valence-corrected chi connectivity index (χ2v) is 24.6. The van der Waals surface area contributed by atoms with Crippen LogP contribution in [-0.2, 0) is 18.4 Å². The van der Waals surface area contributed by atoms with Gasteiger partial charge in [0.2, 0.25) is 5.91 Å². The summed E-state index contributed by atoms with van der Waals surface area (Å²) in [6.45, 7) is 4.75. The third kappa shape index (κ3) is 64.0. The molecule has 0 radical (unpaired) electrons. The quantitative estimate of drug-likeness (QED) is 0.0243. The van der Waals surface area contributed by atoms with Crippen molar-refractivity contribution in [1.29, 1.82) is 0 Å². The molecule has 0 fully saturated rings. The molecule has 1 amide bonds. The Morgan fingerprint density at radius 1 is 0.427 bits per heavy atom. The average molecular weight is 1160 g/mol. The van der Waals surface area contributed by atoms with Crippen LogP contribution in [0.2, 0.25) is 0 Å². The van der Waals surface area contributed by atoms with Crippen molar-refractivity contribution in [3.8, 4) is 0 Å². The van der Waals surface area contributed by atoms with E-state index in [1.807, 2.05) is 21.1 Å². The van der Waals surface area contributed by atoms with Gasteiger partial charge in [-0.3, -0.25) is 13.8 Å². The number of hydrogen-bond acceptors (Lipinski definition) is 5. The molecule has 8 nitrogen and oxygen atoms in total. The van der Waals surface area contributed by atoms with Crippen LogP contribution in [-0.4, -0.2) is 73.4 Å². The smallest absolute Gasteiger partial charge is 0.391 e. The maximum Gasteiger partial charge on any atom is 0.472 e. The highest BCUT2D eigenvalue weighted by molar-refractivity contribution is 7.47. The fourth-order valence-electron chi connectivity index (χ4n) is 8.97. The molecular weight excluding hydrogens is 1030 g/mol. The fourth-order valence-corrected chi connectivity index (χ4v) is 9.71. The van der Waals surface area contributed by atoms with Crippen LogP contribution in [0.5, 0.6) is 0 Å². The molecule has 0 aliphatic heterocycles. The molecule has 0 aromatic rings. The van der Waals surface area contributed by atoms with Gasteiger partial charge in [0.05, 0.1) is 39.9 Å². The monoisotopic (exact) mass is 1160 g/mol. The molecule has 0 bridgehead atoms. The first-order valence-electron chi connectivity index (χ1n) is 33.2. The zero-order valence-corrected chi connectivity index (χ0v) is 54.3. The van der Waals surface area contributed by atoms with Crippen molar-refractivity contribution in [3.05, 3.63) is 146 Å². The minimum absolute atomic E-state index is 0.0587. The molecule has 0 saturated heterocycles. The van der Waals surface area contributed by atoms with Crippen LogP contribution in [0.15, 0.2) is 146 Å². The van der Waals surface area contributed by atoms with Gasteiger partial charge in [-0.25, -0.2) is 4.57 Å². The Morgan fingerprint density at radius 2 is 0.732 bits per heavy atom. The predicted molar refractivity (Wildman–Crippen MR) is 359 cm³/mol. The summed E-state index contributed by atoms with van der Waals surface area (Å²) in [6, 6.07) is -0.796. The number of allylic oxidation sites excluding steroid dienone is 24. The Hall–Kier alpha value is -3.62. The van der Waals surface area contributed by atoms with Crippen LogP contribution >= 0.6 is 7.82 Å². The van der Waals surface area contributed by atoms with Crippen molar-refractivity contribution < 1.29 is 32.9 Å². The summed E-state index contributed by atoms with van der Waals surface area (Å²) in [5.41, 5.74) is 0. The van der Waals surface area contributed by atoms with E-state index in [4.69, 9.17) is 9.05 Å². The van der Waals surface area contributed by atoms with Crippen LogP contribution in [0.25, 0.3) is 0 Å². The molecule has 0 spiro atoms. The second-order valence-electron chi connectivity index (χ2n) is 23.1. The molecule has 0 rings (SSSR count). The van der Waals surface area contributed by atoms with Crippen molar-refractivity contribution in [2.75, 3.05) is 40.9 Å². The van der Waals surface area contributed by atoms with Gasteiger partial charge in [-0.1, -0.05) is 295 Å². The highest BCUT2D eigenvalue weighted by atomic mass is 31.2. The zero-order chi connectivity index (χ0) is 59.8. The highest BCUT2D eigenvalue weighted by Crippen LogP contribution is 2.43. The van der Waals surface area contributed by atoms with Crippen molar-refractivity contribution >= 4 is 13.7 Å². The SMILES string of the molecule is CC/C=C\C/C=C\C/C=C\C/C=C\C/C=C\C/C=C\C/C=C\C/C=C\C/C=C\C/C=C\C/C=C\C/C=C\CCCCC(=O)NC(COP(=O)(O)OCC[N+](C)(C)C)C(O)CCCCCCCCCCCCCCCCCCCCCCC. The van der Waals surface area contributed by atoms with Gasteiger partial charge in [-0.2, -0.15) is 0 Å². The lowest BCUT2D eigenvalue weighted by Gasteiger charge is -2.26. The maximum atomic E-state index is 13.0. The number of nitrogens with zero attached hydrogens (tertiary/aromatic N) is 1. The molecular formula is C73H126N2O6P+. The van der Waals surface area contributed by atoms with E-state index in [2.05, 4.69) is 165 Å². The van der Waals surface area contributed by atoms with Crippen molar-refractivity contribution in [3.63, 3.8) is 0 Å². The highest BCUT2D eigenvalue weighted by Gasteiger charge is 2.28. The third-order valence-corrected chi connectivity index (χ3v) is 15.1. The summed E-state index contributed by atoms with van der Waals surface area (Å²) in [5.74, 6) is -0.190. The lowest BCUT2D eigenvalue weighted by molar-refractivity contribution is -0.870. The molecule has 3 unspecified atom stereocenters. The maximum absolute atomic E-state index is 13.0. The molecule has 3 N–H and O–H groups in total. The van der Waals surface area contributed by atoms with Gasteiger partial charge in [-0.05, 0) is 103 Å². The van der Waals surface area contributed by atoms with E-state index in [-0.39, 0.29) is 19.1 Å². The number of phosphoric acid groups is 1. The summed E-state index contributed by atoms with van der Waals surface area (Å²) >= 11 is 0. The molecule has 0 aromatic heterocycles. The number of carbonyl (C=O) groups excluding carboxylic acids is 1. The Bertz CT molecular complexity index is 1840. The first-order valence-corrected chi connectivity index (χ1v) is 34.7. The average Bonchev–Trinajstić information content (AvgIpc) is 3.46. The minimum atomic E-state index is -4.35. The molecule has 82 heavy (non-hydrogen) atoms. The van der Waals surface area contributed by atoms with E-state index in [9.17, 15) is 19.4 Å². The largest absolute Gasteiger partial charge is 0.472 e. The lowest BCUT2D eigenvalue weighted by Crippen LogP contribution is -2.46. The second kappa shape index (κ2) is 61.9. The minimum Gasteiger partial charge on any atom is -0.391 e. The Balaban J connectivity index is 4.23. The topological polar surface area (TPSA) is 105 Å². The van der Waals surface area contributed by atoms with E-state index in [0.717, 1.165) is 109 Å². The first kappa shape index (κ1) is 78.4. The summed E-state index contributed by atoms with van der Waals surface area (Å²) in [7, 11) is 1.57. The number of hydrogen-bond donors (Lipinski definition) is 3.